The second-order valence-corrected chi connectivity index (χ2v) is 9.40. The van der Waals surface area contributed by atoms with Gasteiger partial charge < -0.3 is 10.1 Å². The Balaban J connectivity index is 1.67. The number of rotatable bonds is 10. The number of halogens is 2. The molecular formula is C22H25F2N3O3S2. The number of thiophene rings is 1. The van der Waals surface area contributed by atoms with Crippen LogP contribution in [-0.2, 0) is 17.9 Å². The van der Waals surface area contributed by atoms with Gasteiger partial charge in [0.25, 0.3) is 5.56 Å². The third kappa shape index (κ3) is 5.86. The van der Waals surface area contributed by atoms with Crippen LogP contribution in [-0.4, -0.2) is 27.8 Å². The molecule has 32 heavy (non-hydrogen) atoms. The Morgan fingerprint density at radius 2 is 2.00 bits per heavy atom. The van der Waals surface area contributed by atoms with Crippen LogP contribution in [0.2, 0.25) is 0 Å². The van der Waals surface area contributed by atoms with Gasteiger partial charge >= 0.3 is 6.61 Å². The molecule has 2 aromatic heterocycles. The summed E-state index contributed by atoms with van der Waals surface area (Å²) in [5.41, 5.74) is 1.67. The number of thioether (sulfide) groups is 1. The van der Waals surface area contributed by atoms with Crippen LogP contribution >= 0.6 is 23.1 Å². The van der Waals surface area contributed by atoms with Gasteiger partial charge in [-0.05, 0) is 43.5 Å². The lowest BCUT2D eigenvalue weighted by Crippen LogP contribution is -2.26. The molecule has 1 amide bonds. The Bertz CT molecular complexity index is 1140. The van der Waals surface area contributed by atoms with Crippen molar-refractivity contribution in [2.45, 2.75) is 58.5 Å². The number of carbonyl (C=O) groups is 1. The van der Waals surface area contributed by atoms with Crippen LogP contribution in [0.25, 0.3) is 10.2 Å². The number of hydrogen-bond donors (Lipinski definition) is 1. The molecule has 0 aliphatic heterocycles. The molecule has 0 aliphatic carbocycles. The van der Waals surface area contributed by atoms with Gasteiger partial charge in [0.15, 0.2) is 5.16 Å². The standard InChI is InChI=1S/C22H25F2N3O3S2/c1-4-5-10-27-20(29)18-13(2)14(3)32-19(18)26-22(27)31-12-17(28)25-11-15-6-8-16(9-7-15)30-21(23)24/h6-9,21H,4-5,10-12H2,1-3H3,(H,25,28). The number of amides is 1. The number of ether oxygens (including phenoxy) is 1. The maximum Gasteiger partial charge on any atom is 0.387 e. The fourth-order valence-electron chi connectivity index (χ4n) is 3.10. The number of benzene rings is 1. The molecule has 2 heterocycles. The summed E-state index contributed by atoms with van der Waals surface area (Å²) in [5, 5.41) is 4.00. The predicted octanol–water partition coefficient (Wildman–Crippen LogP) is 4.88. The first-order valence-corrected chi connectivity index (χ1v) is 12.0. The minimum atomic E-state index is -2.87. The number of fused-ring (bicyclic) bond motifs is 1. The maximum atomic E-state index is 13.1. The third-order valence-corrected chi connectivity index (χ3v) is 7.04. The van der Waals surface area contributed by atoms with Gasteiger partial charge in [-0.3, -0.25) is 14.2 Å². The molecule has 0 bridgehead atoms. The van der Waals surface area contributed by atoms with Crippen molar-refractivity contribution in [1.29, 1.82) is 0 Å². The fourth-order valence-corrected chi connectivity index (χ4v) is 5.03. The first-order chi connectivity index (χ1) is 15.3. The smallest absolute Gasteiger partial charge is 0.387 e. The lowest BCUT2D eigenvalue weighted by atomic mass is 10.2. The molecule has 6 nitrogen and oxygen atoms in total. The number of hydrogen-bond acceptors (Lipinski definition) is 6. The minimum Gasteiger partial charge on any atom is -0.435 e. The molecule has 0 saturated heterocycles. The van der Waals surface area contributed by atoms with Crippen molar-refractivity contribution < 1.29 is 18.3 Å². The van der Waals surface area contributed by atoms with Crippen LogP contribution in [0.3, 0.4) is 0 Å². The van der Waals surface area contributed by atoms with E-state index in [0.717, 1.165) is 28.8 Å². The summed E-state index contributed by atoms with van der Waals surface area (Å²) < 4.78 is 30.4. The van der Waals surface area contributed by atoms with E-state index in [2.05, 4.69) is 22.0 Å². The van der Waals surface area contributed by atoms with Gasteiger partial charge in [0, 0.05) is 18.0 Å². The molecule has 3 rings (SSSR count). The van der Waals surface area contributed by atoms with Crippen molar-refractivity contribution >= 4 is 39.2 Å². The van der Waals surface area contributed by atoms with Crippen LogP contribution in [0.1, 0.15) is 35.8 Å². The molecule has 1 N–H and O–H groups in total. The van der Waals surface area contributed by atoms with Crippen molar-refractivity contribution in [2.75, 3.05) is 5.75 Å². The number of aryl methyl sites for hydroxylation is 2. The molecule has 3 aromatic rings. The zero-order valence-corrected chi connectivity index (χ0v) is 19.7. The lowest BCUT2D eigenvalue weighted by Gasteiger charge is -2.12. The number of carbonyl (C=O) groups excluding carboxylic acids is 1. The van der Waals surface area contributed by atoms with Gasteiger partial charge in [-0.25, -0.2) is 4.98 Å². The number of alkyl halides is 2. The van der Waals surface area contributed by atoms with Crippen molar-refractivity contribution in [3.63, 3.8) is 0 Å². The average molecular weight is 482 g/mol. The van der Waals surface area contributed by atoms with Crippen molar-refractivity contribution in [3.8, 4) is 5.75 Å². The Morgan fingerprint density at radius 1 is 1.28 bits per heavy atom. The van der Waals surface area contributed by atoms with Gasteiger partial charge in [0.1, 0.15) is 10.6 Å². The van der Waals surface area contributed by atoms with Crippen molar-refractivity contribution in [2.24, 2.45) is 0 Å². The average Bonchev–Trinajstić information content (AvgIpc) is 3.04. The van der Waals surface area contributed by atoms with Crippen molar-refractivity contribution in [1.82, 2.24) is 14.9 Å². The highest BCUT2D eigenvalue weighted by Gasteiger charge is 2.17. The number of aromatic nitrogens is 2. The summed E-state index contributed by atoms with van der Waals surface area (Å²) in [5.74, 6) is -0.0333. The van der Waals surface area contributed by atoms with E-state index in [1.165, 1.54) is 35.2 Å². The van der Waals surface area contributed by atoms with E-state index >= 15 is 0 Å². The van der Waals surface area contributed by atoms with E-state index < -0.39 is 6.61 Å². The Labute approximate surface area is 193 Å². The molecule has 172 valence electrons. The summed E-state index contributed by atoms with van der Waals surface area (Å²) in [6.07, 6.45) is 1.79. The zero-order chi connectivity index (χ0) is 23.3. The Morgan fingerprint density at radius 3 is 2.66 bits per heavy atom. The molecule has 0 aliphatic rings. The Hall–Kier alpha value is -2.46. The molecular weight excluding hydrogens is 456 g/mol. The molecule has 10 heteroatoms. The number of unbranched alkanes of at least 4 members (excludes halogenated alkanes) is 1. The molecule has 1 aromatic carbocycles. The predicted molar refractivity (Wildman–Crippen MR) is 124 cm³/mol. The highest BCUT2D eigenvalue weighted by atomic mass is 32.2. The van der Waals surface area contributed by atoms with Gasteiger partial charge in [0.05, 0.1) is 11.1 Å². The van der Waals surface area contributed by atoms with Crippen LogP contribution in [0.5, 0.6) is 5.75 Å². The SMILES string of the molecule is CCCCn1c(SCC(=O)NCc2ccc(OC(F)F)cc2)nc2sc(C)c(C)c2c1=O. The van der Waals surface area contributed by atoms with Crippen LogP contribution in [0.15, 0.2) is 34.2 Å². The highest BCUT2D eigenvalue weighted by molar-refractivity contribution is 7.99. The van der Waals surface area contributed by atoms with Gasteiger partial charge in [0.2, 0.25) is 5.91 Å². The molecule has 0 radical (unpaired) electrons. The van der Waals surface area contributed by atoms with E-state index in [1.54, 1.807) is 16.7 Å². The van der Waals surface area contributed by atoms with E-state index in [-0.39, 0.29) is 29.5 Å². The summed E-state index contributed by atoms with van der Waals surface area (Å²) in [4.78, 5) is 31.9. The zero-order valence-electron chi connectivity index (χ0n) is 18.1. The molecule has 0 saturated carbocycles. The topological polar surface area (TPSA) is 73.2 Å². The fraction of sp³-hybridized carbons (Fsp3) is 0.409. The summed E-state index contributed by atoms with van der Waals surface area (Å²) in [7, 11) is 0. The minimum absolute atomic E-state index is 0.0562. The summed E-state index contributed by atoms with van der Waals surface area (Å²) in [6.45, 7) is 3.92. The second kappa shape index (κ2) is 10.9. The number of nitrogens with zero attached hydrogens (tertiary/aromatic N) is 2. The van der Waals surface area contributed by atoms with E-state index in [9.17, 15) is 18.4 Å². The first-order valence-electron chi connectivity index (χ1n) is 10.2. The largest absolute Gasteiger partial charge is 0.435 e. The summed E-state index contributed by atoms with van der Waals surface area (Å²) in [6, 6.07) is 6.09. The maximum absolute atomic E-state index is 13.1. The quantitative estimate of drug-likeness (QED) is 0.330. The first kappa shape index (κ1) is 24.2. The van der Waals surface area contributed by atoms with E-state index in [0.29, 0.717) is 21.9 Å². The normalized spacial score (nSPS) is 11.3. The highest BCUT2D eigenvalue weighted by Crippen LogP contribution is 2.28. The molecule has 0 fully saturated rings. The monoisotopic (exact) mass is 481 g/mol. The lowest BCUT2D eigenvalue weighted by molar-refractivity contribution is -0.118. The molecule has 0 unspecified atom stereocenters. The van der Waals surface area contributed by atoms with Crippen LogP contribution < -0.4 is 15.6 Å². The molecule has 0 atom stereocenters. The van der Waals surface area contributed by atoms with Crippen LogP contribution in [0, 0.1) is 13.8 Å². The third-order valence-electron chi connectivity index (χ3n) is 4.96. The van der Waals surface area contributed by atoms with Crippen molar-refractivity contribution in [3.05, 3.63) is 50.6 Å². The van der Waals surface area contributed by atoms with E-state index in [1.807, 2.05) is 13.8 Å². The van der Waals surface area contributed by atoms with E-state index in [4.69, 9.17) is 0 Å². The van der Waals surface area contributed by atoms with Gasteiger partial charge in [-0.15, -0.1) is 11.3 Å². The second-order valence-electron chi connectivity index (χ2n) is 7.26. The van der Waals surface area contributed by atoms with Gasteiger partial charge in [-0.2, -0.15) is 8.78 Å². The van der Waals surface area contributed by atoms with Crippen LogP contribution in [0.4, 0.5) is 8.78 Å². The molecule has 0 spiro atoms. The van der Waals surface area contributed by atoms with Gasteiger partial charge in [-0.1, -0.05) is 37.2 Å². The Kier molecular flexibility index (Phi) is 8.25. The number of nitrogens with one attached hydrogen (secondary N) is 1. The summed E-state index contributed by atoms with van der Waals surface area (Å²) >= 11 is 2.73.